The number of amides is 3. The van der Waals surface area contributed by atoms with Crippen molar-refractivity contribution >= 4 is 35.4 Å². The molecule has 1 heterocycles. The molecule has 0 saturated heterocycles. The summed E-state index contributed by atoms with van der Waals surface area (Å²) in [5, 5.41) is 11.1. The van der Waals surface area contributed by atoms with Gasteiger partial charge >= 0.3 is 12.0 Å². The van der Waals surface area contributed by atoms with Crippen molar-refractivity contribution in [3.05, 3.63) is 29.8 Å². The van der Waals surface area contributed by atoms with E-state index in [-0.39, 0.29) is 17.9 Å². The summed E-state index contributed by atoms with van der Waals surface area (Å²) in [6.45, 7) is 0. The lowest BCUT2D eigenvalue weighted by Crippen LogP contribution is -2.35. The summed E-state index contributed by atoms with van der Waals surface area (Å²) in [6.07, 6.45) is 0.0635. The lowest BCUT2D eigenvalue weighted by atomic mass is 10.2. The van der Waals surface area contributed by atoms with E-state index in [4.69, 9.17) is 5.11 Å². The lowest BCUT2D eigenvalue weighted by molar-refractivity contribution is -0.118. The maximum absolute atomic E-state index is 11.2. The number of aliphatic imine (C=N–C) groups is 1. The Morgan fingerprint density at radius 3 is 2.79 bits per heavy atom. The van der Waals surface area contributed by atoms with Crippen LogP contribution in [0, 0.1) is 0 Å². The topological polar surface area (TPSA) is 95.8 Å². The fraction of sp³-hybridized carbons (Fsp3) is 0.167. The molecule has 19 heavy (non-hydrogen) atoms. The number of benzene rings is 1. The SMILES string of the molecule is O=C1CC(CSc2ccccc2C(=O)O)=NC(=O)N1. The second-order valence-corrected chi connectivity index (χ2v) is 4.82. The average Bonchev–Trinajstić information content (AvgIpc) is 2.35. The molecule has 0 atom stereocenters. The molecule has 0 bridgehead atoms. The van der Waals surface area contributed by atoms with Gasteiger partial charge in [0, 0.05) is 16.4 Å². The second-order valence-electron chi connectivity index (χ2n) is 3.80. The third-order valence-electron chi connectivity index (χ3n) is 2.38. The number of thioether (sulfide) groups is 1. The van der Waals surface area contributed by atoms with Gasteiger partial charge in [0.25, 0.3) is 0 Å². The van der Waals surface area contributed by atoms with Crippen molar-refractivity contribution in [3.63, 3.8) is 0 Å². The Bertz CT molecular complexity index is 583. The van der Waals surface area contributed by atoms with E-state index in [2.05, 4.69) is 10.3 Å². The summed E-state index contributed by atoms with van der Waals surface area (Å²) < 4.78 is 0. The summed E-state index contributed by atoms with van der Waals surface area (Å²) >= 11 is 1.24. The van der Waals surface area contributed by atoms with Gasteiger partial charge in [0.1, 0.15) is 0 Å². The first-order valence-corrected chi connectivity index (χ1v) is 6.40. The second kappa shape index (κ2) is 5.66. The molecule has 1 aliphatic rings. The highest BCUT2D eigenvalue weighted by molar-refractivity contribution is 8.00. The maximum Gasteiger partial charge on any atom is 0.347 e. The highest BCUT2D eigenvalue weighted by atomic mass is 32.2. The van der Waals surface area contributed by atoms with Crippen LogP contribution < -0.4 is 5.32 Å². The first kappa shape index (κ1) is 13.3. The zero-order valence-corrected chi connectivity index (χ0v) is 10.6. The molecule has 1 aromatic rings. The minimum absolute atomic E-state index is 0.0635. The highest BCUT2D eigenvalue weighted by Crippen LogP contribution is 2.23. The van der Waals surface area contributed by atoms with Gasteiger partial charge in [0.15, 0.2) is 0 Å². The predicted octanol–water partition coefficient (Wildman–Crippen LogP) is 1.56. The third kappa shape index (κ3) is 3.41. The van der Waals surface area contributed by atoms with Crippen LogP contribution in [0.15, 0.2) is 34.2 Å². The van der Waals surface area contributed by atoms with E-state index in [1.165, 1.54) is 17.8 Å². The Kier molecular flexibility index (Phi) is 3.96. The Morgan fingerprint density at radius 2 is 2.11 bits per heavy atom. The molecule has 2 N–H and O–H groups in total. The quantitative estimate of drug-likeness (QED) is 0.815. The monoisotopic (exact) mass is 278 g/mol. The molecule has 0 aliphatic carbocycles. The summed E-state index contributed by atoms with van der Waals surface area (Å²) in [4.78, 5) is 37.5. The first-order chi connectivity index (χ1) is 9.06. The van der Waals surface area contributed by atoms with Crippen molar-refractivity contribution in [3.8, 4) is 0 Å². The molecule has 2 rings (SSSR count). The van der Waals surface area contributed by atoms with E-state index >= 15 is 0 Å². The molecule has 3 amide bonds. The van der Waals surface area contributed by atoms with Crippen LogP contribution in [0.4, 0.5) is 4.79 Å². The number of carboxylic acid groups (broad SMARTS) is 1. The Labute approximate surface area is 112 Å². The fourth-order valence-electron chi connectivity index (χ4n) is 1.57. The van der Waals surface area contributed by atoms with Crippen molar-refractivity contribution in [2.45, 2.75) is 11.3 Å². The fourth-order valence-corrected chi connectivity index (χ4v) is 2.55. The minimum atomic E-state index is -1.01. The molecule has 0 fully saturated rings. The van der Waals surface area contributed by atoms with Gasteiger partial charge in [-0.05, 0) is 12.1 Å². The van der Waals surface area contributed by atoms with Crippen LogP contribution in [-0.4, -0.2) is 34.5 Å². The molecule has 6 nitrogen and oxygen atoms in total. The number of imide groups is 1. The van der Waals surface area contributed by atoms with Crippen LogP contribution in [0.3, 0.4) is 0 Å². The molecule has 0 unspecified atom stereocenters. The van der Waals surface area contributed by atoms with Gasteiger partial charge in [-0.25, -0.2) is 14.6 Å². The van der Waals surface area contributed by atoms with Gasteiger partial charge in [-0.1, -0.05) is 12.1 Å². The van der Waals surface area contributed by atoms with Gasteiger partial charge in [-0.15, -0.1) is 11.8 Å². The third-order valence-corrected chi connectivity index (χ3v) is 3.53. The average molecular weight is 278 g/mol. The predicted molar refractivity (Wildman–Crippen MR) is 69.7 cm³/mol. The van der Waals surface area contributed by atoms with Crippen LogP contribution in [0.25, 0.3) is 0 Å². The van der Waals surface area contributed by atoms with Crippen LogP contribution in [-0.2, 0) is 4.79 Å². The van der Waals surface area contributed by atoms with Crippen LogP contribution in [0.2, 0.25) is 0 Å². The maximum atomic E-state index is 11.2. The first-order valence-electron chi connectivity index (χ1n) is 5.41. The smallest absolute Gasteiger partial charge is 0.347 e. The van der Waals surface area contributed by atoms with Gasteiger partial charge in [-0.3, -0.25) is 10.1 Å². The van der Waals surface area contributed by atoms with E-state index in [9.17, 15) is 14.4 Å². The van der Waals surface area contributed by atoms with Gasteiger partial charge in [-0.2, -0.15) is 0 Å². The largest absolute Gasteiger partial charge is 0.478 e. The number of nitrogens with one attached hydrogen (secondary N) is 1. The van der Waals surface area contributed by atoms with E-state index in [0.29, 0.717) is 16.4 Å². The highest BCUT2D eigenvalue weighted by Gasteiger charge is 2.18. The van der Waals surface area contributed by atoms with Crippen LogP contribution in [0.5, 0.6) is 0 Å². The number of aromatic carboxylic acids is 1. The lowest BCUT2D eigenvalue weighted by Gasteiger charge is -2.11. The summed E-state index contributed by atoms with van der Waals surface area (Å²) in [6, 6.07) is 5.89. The van der Waals surface area contributed by atoms with Gasteiger partial charge in [0.2, 0.25) is 5.91 Å². The van der Waals surface area contributed by atoms with Crippen molar-refractivity contribution in [1.29, 1.82) is 0 Å². The molecule has 1 aromatic carbocycles. The van der Waals surface area contributed by atoms with E-state index in [1.807, 2.05) is 0 Å². The summed E-state index contributed by atoms with van der Waals surface area (Å²) in [5.41, 5.74) is 0.638. The van der Waals surface area contributed by atoms with Crippen molar-refractivity contribution < 1.29 is 19.5 Å². The normalized spacial score (nSPS) is 14.8. The summed E-state index contributed by atoms with van der Waals surface area (Å²) in [5.74, 6) is -1.09. The van der Waals surface area contributed by atoms with Crippen LogP contribution in [0.1, 0.15) is 16.8 Å². The molecule has 98 valence electrons. The standard InChI is InChI=1S/C12H10N2O4S/c15-10-5-7(13-12(18)14-10)6-19-9-4-2-1-3-8(9)11(16)17/h1-4H,5-6H2,(H,16,17)(H,14,15,18). The number of nitrogens with zero attached hydrogens (tertiary/aromatic N) is 1. The molecule has 1 aliphatic heterocycles. The molecule has 0 spiro atoms. The number of carbonyl (C=O) groups is 3. The Morgan fingerprint density at radius 1 is 1.37 bits per heavy atom. The zero-order valence-electron chi connectivity index (χ0n) is 9.75. The van der Waals surface area contributed by atoms with Gasteiger partial charge < -0.3 is 5.11 Å². The molecule has 0 radical (unpaired) electrons. The molecule has 7 heteroatoms. The van der Waals surface area contributed by atoms with Crippen molar-refractivity contribution in [2.24, 2.45) is 4.99 Å². The number of carbonyl (C=O) groups excluding carboxylic acids is 2. The molecular weight excluding hydrogens is 268 g/mol. The number of hydrogen-bond acceptors (Lipinski definition) is 4. The number of rotatable bonds is 4. The number of carboxylic acids is 1. The molecule has 0 saturated carbocycles. The molecule has 0 aromatic heterocycles. The van der Waals surface area contributed by atoms with Crippen molar-refractivity contribution in [1.82, 2.24) is 5.32 Å². The van der Waals surface area contributed by atoms with Crippen molar-refractivity contribution in [2.75, 3.05) is 5.75 Å². The Balaban J connectivity index is 2.09. The number of hydrogen-bond donors (Lipinski definition) is 2. The number of urea groups is 1. The Hall–Kier alpha value is -2.15. The van der Waals surface area contributed by atoms with E-state index < -0.39 is 12.0 Å². The van der Waals surface area contributed by atoms with E-state index in [0.717, 1.165) is 0 Å². The minimum Gasteiger partial charge on any atom is -0.478 e. The zero-order chi connectivity index (χ0) is 13.8. The van der Waals surface area contributed by atoms with Crippen LogP contribution >= 0.6 is 11.8 Å². The van der Waals surface area contributed by atoms with Gasteiger partial charge in [0.05, 0.1) is 12.0 Å². The molecular formula is C12H10N2O4S. The summed E-state index contributed by atoms with van der Waals surface area (Å²) in [7, 11) is 0. The van der Waals surface area contributed by atoms with E-state index in [1.54, 1.807) is 18.2 Å².